The van der Waals surface area contributed by atoms with Gasteiger partial charge in [-0.05, 0) is 18.6 Å². The van der Waals surface area contributed by atoms with E-state index in [4.69, 9.17) is 9.84 Å². The van der Waals surface area contributed by atoms with Crippen molar-refractivity contribution in [1.82, 2.24) is 0 Å². The molecule has 2 rings (SSSR count). The zero-order valence-corrected chi connectivity index (χ0v) is 7.58. The third-order valence-electron chi connectivity index (χ3n) is 2.24. The van der Waals surface area contributed by atoms with Crippen LogP contribution >= 0.6 is 0 Å². The van der Waals surface area contributed by atoms with Gasteiger partial charge < -0.3 is 15.2 Å². The molecular formula is C10H13NO2. The van der Waals surface area contributed by atoms with Gasteiger partial charge in [-0.3, -0.25) is 0 Å². The molecule has 1 heterocycles. The van der Waals surface area contributed by atoms with Crippen molar-refractivity contribution in [3.63, 3.8) is 0 Å². The highest BCUT2D eigenvalue weighted by molar-refractivity contribution is 5.63. The van der Waals surface area contributed by atoms with E-state index in [9.17, 15) is 0 Å². The van der Waals surface area contributed by atoms with E-state index in [-0.39, 0.29) is 12.6 Å². The number of aliphatic hydroxyl groups is 1. The van der Waals surface area contributed by atoms with Gasteiger partial charge in [0.2, 0.25) is 0 Å². The van der Waals surface area contributed by atoms with Crippen LogP contribution in [0.4, 0.5) is 5.69 Å². The lowest BCUT2D eigenvalue weighted by Gasteiger charge is -2.27. The lowest BCUT2D eigenvalue weighted by Crippen LogP contribution is -2.34. The SMILES string of the molecule is Cc1cccc2c1NC(CO)CO2. The smallest absolute Gasteiger partial charge is 0.142 e. The third kappa shape index (κ3) is 1.47. The first-order valence-electron chi connectivity index (χ1n) is 4.41. The molecule has 1 unspecified atom stereocenters. The van der Waals surface area contributed by atoms with Gasteiger partial charge >= 0.3 is 0 Å². The van der Waals surface area contributed by atoms with Crippen LogP contribution in [-0.2, 0) is 0 Å². The maximum absolute atomic E-state index is 8.96. The number of ether oxygens (including phenoxy) is 1. The van der Waals surface area contributed by atoms with E-state index in [1.54, 1.807) is 0 Å². The molecule has 0 bridgehead atoms. The van der Waals surface area contributed by atoms with Gasteiger partial charge in [0.15, 0.2) is 0 Å². The summed E-state index contributed by atoms with van der Waals surface area (Å²) in [5, 5.41) is 12.2. The molecule has 0 saturated heterocycles. The fraction of sp³-hybridized carbons (Fsp3) is 0.400. The quantitative estimate of drug-likeness (QED) is 0.679. The molecule has 0 fully saturated rings. The van der Waals surface area contributed by atoms with Crippen LogP contribution in [0.3, 0.4) is 0 Å². The van der Waals surface area contributed by atoms with Crippen molar-refractivity contribution in [3.8, 4) is 5.75 Å². The summed E-state index contributed by atoms with van der Waals surface area (Å²) in [6.07, 6.45) is 0. The minimum atomic E-state index is 0.0219. The lowest BCUT2D eigenvalue weighted by molar-refractivity contribution is 0.207. The topological polar surface area (TPSA) is 41.5 Å². The second-order valence-electron chi connectivity index (χ2n) is 3.28. The Hall–Kier alpha value is -1.22. The number of benzene rings is 1. The predicted octanol–water partition coefficient (Wildman–Crippen LogP) is 1.16. The molecule has 0 radical (unpaired) electrons. The molecule has 1 aromatic rings. The van der Waals surface area contributed by atoms with E-state index in [1.807, 2.05) is 25.1 Å². The minimum Gasteiger partial charge on any atom is -0.489 e. The van der Waals surface area contributed by atoms with Crippen LogP contribution in [0, 0.1) is 6.92 Å². The highest BCUT2D eigenvalue weighted by Gasteiger charge is 2.18. The van der Waals surface area contributed by atoms with E-state index >= 15 is 0 Å². The first kappa shape index (κ1) is 8.38. The van der Waals surface area contributed by atoms with Crippen LogP contribution in [0.1, 0.15) is 5.56 Å². The first-order chi connectivity index (χ1) is 6.31. The molecule has 0 aliphatic carbocycles. The van der Waals surface area contributed by atoms with Gasteiger partial charge in [0, 0.05) is 0 Å². The largest absolute Gasteiger partial charge is 0.489 e. The van der Waals surface area contributed by atoms with Crippen LogP contribution in [0.2, 0.25) is 0 Å². The number of hydrogen-bond donors (Lipinski definition) is 2. The van der Waals surface area contributed by atoms with Crippen LogP contribution in [0.15, 0.2) is 18.2 Å². The highest BCUT2D eigenvalue weighted by atomic mass is 16.5. The number of hydrogen-bond acceptors (Lipinski definition) is 3. The fourth-order valence-electron chi connectivity index (χ4n) is 1.48. The second-order valence-corrected chi connectivity index (χ2v) is 3.28. The van der Waals surface area contributed by atoms with Crippen LogP contribution in [0.25, 0.3) is 0 Å². The number of nitrogens with one attached hydrogen (secondary N) is 1. The summed E-state index contributed by atoms with van der Waals surface area (Å²) in [5.41, 5.74) is 2.16. The Kier molecular flexibility index (Phi) is 2.10. The molecule has 0 spiro atoms. The predicted molar refractivity (Wildman–Crippen MR) is 51.2 cm³/mol. The molecule has 2 N–H and O–H groups in total. The summed E-state index contributed by atoms with van der Waals surface area (Å²) in [5.74, 6) is 0.879. The van der Waals surface area contributed by atoms with E-state index in [0.29, 0.717) is 6.61 Å². The molecule has 3 nitrogen and oxygen atoms in total. The number of aryl methyl sites for hydroxylation is 1. The van der Waals surface area contributed by atoms with Crippen molar-refractivity contribution in [1.29, 1.82) is 0 Å². The zero-order valence-electron chi connectivity index (χ0n) is 7.58. The second kappa shape index (κ2) is 3.26. The van der Waals surface area contributed by atoms with Crippen molar-refractivity contribution in [2.24, 2.45) is 0 Å². The standard InChI is InChI=1S/C10H13NO2/c1-7-3-2-4-9-10(7)11-8(5-12)6-13-9/h2-4,8,11-12H,5-6H2,1H3. The Balaban J connectivity index is 2.32. The Labute approximate surface area is 77.3 Å². The Morgan fingerprint density at radius 2 is 2.46 bits per heavy atom. The van der Waals surface area contributed by atoms with Crippen molar-refractivity contribution in [2.45, 2.75) is 13.0 Å². The summed E-state index contributed by atoms with van der Waals surface area (Å²) in [6.45, 7) is 2.66. The maximum Gasteiger partial charge on any atom is 0.142 e. The van der Waals surface area contributed by atoms with E-state index < -0.39 is 0 Å². The summed E-state index contributed by atoms with van der Waals surface area (Å²) in [6, 6.07) is 5.95. The normalized spacial score (nSPS) is 20.0. The van der Waals surface area contributed by atoms with E-state index in [0.717, 1.165) is 17.0 Å². The monoisotopic (exact) mass is 179 g/mol. The summed E-state index contributed by atoms with van der Waals surface area (Å²) >= 11 is 0. The van der Waals surface area contributed by atoms with E-state index in [2.05, 4.69) is 5.32 Å². The summed E-state index contributed by atoms with van der Waals surface area (Å²) in [4.78, 5) is 0. The van der Waals surface area contributed by atoms with Gasteiger partial charge in [-0.15, -0.1) is 0 Å². The van der Waals surface area contributed by atoms with Crippen molar-refractivity contribution in [3.05, 3.63) is 23.8 Å². The molecular weight excluding hydrogens is 166 g/mol. The van der Waals surface area contributed by atoms with Gasteiger partial charge in [-0.2, -0.15) is 0 Å². The number of anilines is 1. The summed E-state index contributed by atoms with van der Waals surface area (Å²) < 4.78 is 5.49. The molecule has 3 heteroatoms. The molecule has 1 aliphatic heterocycles. The molecule has 1 aliphatic rings. The summed E-state index contributed by atoms with van der Waals surface area (Å²) in [7, 11) is 0. The van der Waals surface area contributed by atoms with Crippen LogP contribution in [-0.4, -0.2) is 24.4 Å². The molecule has 0 aromatic heterocycles. The molecule has 0 amide bonds. The number of fused-ring (bicyclic) bond motifs is 1. The highest BCUT2D eigenvalue weighted by Crippen LogP contribution is 2.31. The van der Waals surface area contributed by atoms with Gasteiger partial charge in [-0.1, -0.05) is 12.1 Å². The van der Waals surface area contributed by atoms with Gasteiger partial charge in [-0.25, -0.2) is 0 Å². The van der Waals surface area contributed by atoms with E-state index in [1.165, 1.54) is 0 Å². The van der Waals surface area contributed by atoms with Crippen LogP contribution in [0.5, 0.6) is 5.75 Å². The Morgan fingerprint density at radius 3 is 3.23 bits per heavy atom. The molecule has 13 heavy (non-hydrogen) atoms. The minimum absolute atomic E-state index is 0.0219. The molecule has 1 aromatic carbocycles. The third-order valence-corrected chi connectivity index (χ3v) is 2.24. The average Bonchev–Trinajstić information content (AvgIpc) is 2.18. The van der Waals surface area contributed by atoms with Gasteiger partial charge in [0.1, 0.15) is 12.4 Å². The molecule has 1 atom stereocenters. The van der Waals surface area contributed by atoms with Crippen molar-refractivity contribution in [2.75, 3.05) is 18.5 Å². The fourth-order valence-corrected chi connectivity index (χ4v) is 1.48. The molecule has 70 valence electrons. The lowest BCUT2D eigenvalue weighted by atomic mass is 10.1. The Morgan fingerprint density at radius 1 is 1.62 bits per heavy atom. The molecule has 0 saturated carbocycles. The number of rotatable bonds is 1. The van der Waals surface area contributed by atoms with Gasteiger partial charge in [0.25, 0.3) is 0 Å². The van der Waals surface area contributed by atoms with Crippen molar-refractivity contribution < 1.29 is 9.84 Å². The first-order valence-corrected chi connectivity index (χ1v) is 4.41. The average molecular weight is 179 g/mol. The van der Waals surface area contributed by atoms with Crippen LogP contribution < -0.4 is 10.1 Å². The van der Waals surface area contributed by atoms with Gasteiger partial charge in [0.05, 0.1) is 18.3 Å². The zero-order chi connectivity index (χ0) is 9.26. The number of para-hydroxylation sites is 1. The van der Waals surface area contributed by atoms with Crippen molar-refractivity contribution >= 4 is 5.69 Å². The maximum atomic E-state index is 8.96. The number of aliphatic hydroxyl groups excluding tert-OH is 1. The Bertz CT molecular complexity index is 312.